The Hall–Kier alpha value is -1.42. The van der Waals surface area contributed by atoms with Gasteiger partial charge in [-0.1, -0.05) is 30.8 Å². The van der Waals surface area contributed by atoms with E-state index in [4.69, 9.17) is 4.74 Å². The number of aromatic hydroxyl groups is 1. The van der Waals surface area contributed by atoms with Gasteiger partial charge in [-0.25, -0.2) is 0 Å². The topological polar surface area (TPSA) is 46.5 Å². The number of hydrogen-bond donors (Lipinski definition) is 1. The molecular weight excluding hydrogens is 236 g/mol. The molecule has 0 saturated carbocycles. The third-order valence-corrected chi connectivity index (χ3v) is 3.10. The van der Waals surface area contributed by atoms with Crippen LogP contribution in [0.5, 0.6) is 11.5 Å². The lowest BCUT2D eigenvalue weighted by atomic mass is 10.2. The van der Waals surface area contributed by atoms with Crippen molar-refractivity contribution in [3.63, 3.8) is 0 Å². The molecule has 3 nitrogen and oxygen atoms in total. The van der Waals surface area contributed by atoms with Gasteiger partial charge in [-0.3, -0.25) is 4.79 Å². The van der Waals surface area contributed by atoms with Crippen LogP contribution in [0.4, 0.5) is 0 Å². The Labute approximate surface area is 105 Å². The minimum atomic E-state index is 0.0406. The van der Waals surface area contributed by atoms with Crippen LogP contribution in [0.1, 0.15) is 18.9 Å². The van der Waals surface area contributed by atoms with Gasteiger partial charge in [-0.2, -0.15) is 0 Å². The molecule has 0 atom stereocenters. The minimum Gasteiger partial charge on any atom is -0.504 e. The highest BCUT2D eigenvalue weighted by molar-refractivity contribution is 8.14. The third-order valence-electron chi connectivity index (χ3n) is 2.06. The molecular formula is C13H16O3S. The van der Waals surface area contributed by atoms with Gasteiger partial charge in [0.25, 0.3) is 0 Å². The van der Waals surface area contributed by atoms with Gasteiger partial charge in [0.2, 0.25) is 5.12 Å². The average Bonchev–Trinajstić information content (AvgIpc) is 2.35. The number of phenolic OH excluding ortho intramolecular Hbond substituents is 1. The van der Waals surface area contributed by atoms with Gasteiger partial charge >= 0.3 is 0 Å². The Morgan fingerprint density at radius 2 is 2.29 bits per heavy atom. The summed E-state index contributed by atoms with van der Waals surface area (Å²) < 4.78 is 4.98. The molecule has 0 heterocycles. The zero-order valence-corrected chi connectivity index (χ0v) is 10.8. The van der Waals surface area contributed by atoms with Gasteiger partial charge in [-0.05, 0) is 30.2 Å². The number of carbonyl (C=O) groups is 1. The molecule has 4 heteroatoms. The quantitative estimate of drug-likeness (QED) is 0.818. The van der Waals surface area contributed by atoms with Gasteiger partial charge < -0.3 is 9.84 Å². The van der Waals surface area contributed by atoms with E-state index in [0.29, 0.717) is 5.75 Å². The zero-order chi connectivity index (χ0) is 12.7. The molecule has 17 heavy (non-hydrogen) atoms. The molecule has 0 saturated heterocycles. The first-order chi connectivity index (χ1) is 8.17. The van der Waals surface area contributed by atoms with Crippen LogP contribution < -0.4 is 4.74 Å². The Morgan fingerprint density at radius 3 is 2.94 bits per heavy atom. The number of ether oxygens (including phenoxy) is 1. The Kier molecular flexibility index (Phi) is 5.63. The second kappa shape index (κ2) is 7.01. The average molecular weight is 252 g/mol. The van der Waals surface area contributed by atoms with E-state index >= 15 is 0 Å². The highest BCUT2D eigenvalue weighted by atomic mass is 32.2. The molecule has 0 aromatic heterocycles. The summed E-state index contributed by atoms with van der Waals surface area (Å²) >= 11 is 1.30. The predicted octanol–water partition coefficient (Wildman–Crippen LogP) is 3.08. The maximum atomic E-state index is 11.4. The van der Waals surface area contributed by atoms with E-state index in [1.54, 1.807) is 24.3 Å². The summed E-state index contributed by atoms with van der Waals surface area (Å²) in [4.78, 5) is 11.4. The van der Waals surface area contributed by atoms with Crippen LogP contribution in [0.25, 0.3) is 6.08 Å². The van der Waals surface area contributed by atoms with Crippen LogP contribution in [0.15, 0.2) is 24.3 Å². The fraction of sp³-hybridized carbons (Fsp3) is 0.308. The molecule has 0 radical (unpaired) electrons. The number of rotatable bonds is 5. The third kappa shape index (κ3) is 4.53. The van der Waals surface area contributed by atoms with Crippen LogP contribution in [-0.4, -0.2) is 23.1 Å². The van der Waals surface area contributed by atoms with Crippen molar-refractivity contribution in [1.29, 1.82) is 0 Å². The summed E-state index contributed by atoms with van der Waals surface area (Å²) in [5, 5.41) is 9.45. The first-order valence-corrected chi connectivity index (χ1v) is 6.37. The Balaban J connectivity index is 2.68. The van der Waals surface area contributed by atoms with Crippen molar-refractivity contribution in [1.82, 2.24) is 0 Å². The van der Waals surface area contributed by atoms with Crippen molar-refractivity contribution in [2.45, 2.75) is 13.3 Å². The van der Waals surface area contributed by atoms with Crippen molar-refractivity contribution in [2.24, 2.45) is 0 Å². The van der Waals surface area contributed by atoms with Crippen molar-refractivity contribution in [2.75, 3.05) is 12.9 Å². The highest BCUT2D eigenvalue weighted by Gasteiger charge is 2.01. The van der Waals surface area contributed by atoms with Crippen LogP contribution in [-0.2, 0) is 4.79 Å². The van der Waals surface area contributed by atoms with E-state index in [-0.39, 0.29) is 10.9 Å². The van der Waals surface area contributed by atoms with Gasteiger partial charge in [0.1, 0.15) is 0 Å². The van der Waals surface area contributed by atoms with E-state index in [1.165, 1.54) is 24.9 Å². The molecule has 0 amide bonds. The van der Waals surface area contributed by atoms with Gasteiger partial charge in [0, 0.05) is 5.75 Å². The standard InChI is InChI=1S/C13H16O3S/c1-3-8-17-13(15)7-5-10-4-6-11(14)12(9-10)16-2/h4-7,9,14H,3,8H2,1-2H3/b7-5+. The first kappa shape index (κ1) is 13.6. The fourth-order valence-corrected chi connectivity index (χ4v) is 1.78. The number of hydrogen-bond acceptors (Lipinski definition) is 4. The van der Waals surface area contributed by atoms with E-state index < -0.39 is 0 Å². The lowest BCUT2D eigenvalue weighted by molar-refractivity contribution is -0.106. The highest BCUT2D eigenvalue weighted by Crippen LogP contribution is 2.26. The lowest BCUT2D eigenvalue weighted by Gasteiger charge is -2.03. The second-order valence-corrected chi connectivity index (χ2v) is 4.53. The number of methoxy groups -OCH3 is 1. The zero-order valence-electron chi connectivity index (χ0n) is 9.97. The summed E-state index contributed by atoms with van der Waals surface area (Å²) in [5.74, 6) is 1.33. The largest absolute Gasteiger partial charge is 0.504 e. The molecule has 92 valence electrons. The van der Waals surface area contributed by atoms with E-state index in [2.05, 4.69) is 0 Å². The molecule has 0 fully saturated rings. The molecule has 0 bridgehead atoms. The molecule has 0 unspecified atom stereocenters. The summed E-state index contributed by atoms with van der Waals surface area (Å²) in [6.07, 6.45) is 4.23. The number of benzene rings is 1. The predicted molar refractivity (Wildman–Crippen MR) is 71.4 cm³/mol. The van der Waals surface area contributed by atoms with Crippen LogP contribution >= 0.6 is 11.8 Å². The summed E-state index contributed by atoms with van der Waals surface area (Å²) in [6.45, 7) is 2.04. The molecule has 0 spiro atoms. The molecule has 0 aliphatic carbocycles. The maximum absolute atomic E-state index is 11.4. The molecule has 1 aromatic carbocycles. The van der Waals surface area contributed by atoms with Crippen molar-refractivity contribution >= 4 is 23.0 Å². The van der Waals surface area contributed by atoms with Crippen molar-refractivity contribution < 1.29 is 14.6 Å². The van der Waals surface area contributed by atoms with Gasteiger partial charge in [-0.15, -0.1) is 0 Å². The van der Waals surface area contributed by atoms with E-state index in [0.717, 1.165) is 17.7 Å². The van der Waals surface area contributed by atoms with Crippen LogP contribution in [0.2, 0.25) is 0 Å². The normalized spacial score (nSPS) is 10.7. The van der Waals surface area contributed by atoms with Gasteiger partial charge in [0.15, 0.2) is 11.5 Å². The van der Waals surface area contributed by atoms with Crippen molar-refractivity contribution in [3.05, 3.63) is 29.8 Å². The summed E-state index contributed by atoms with van der Waals surface area (Å²) in [6, 6.07) is 4.96. The second-order valence-electron chi connectivity index (χ2n) is 3.43. The van der Waals surface area contributed by atoms with Crippen LogP contribution in [0.3, 0.4) is 0 Å². The minimum absolute atomic E-state index is 0.0406. The summed E-state index contributed by atoms with van der Waals surface area (Å²) in [7, 11) is 1.49. The van der Waals surface area contributed by atoms with E-state index in [1.807, 2.05) is 6.92 Å². The molecule has 0 aliphatic rings. The lowest BCUT2D eigenvalue weighted by Crippen LogP contribution is -1.87. The monoisotopic (exact) mass is 252 g/mol. The number of phenols is 1. The molecule has 1 aromatic rings. The first-order valence-electron chi connectivity index (χ1n) is 5.39. The SMILES string of the molecule is CCCSC(=O)/C=C/c1ccc(O)c(OC)c1. The smallest absolute Gasteiger partial charge is 0.212 e. The van der Waals surface area contributed by atoms with Crippen LogP contribution in [0, 0.1) is 0 Å². The maximum Gasteiger partial charge on any atom is 0.212 e. The van der Waals surface area contributed by atoms with E-state index in [9.17, 15) is 9.90 Å². The molecule has 1 N–H and O–H groups in total. The Morgan fingerprint density at radius 1 is 1.53 bits per heavy atom. The Bertz CT molecular complexity index is 413. The van der Waals surface area contributed by atoms with Gasteiger partial charge in [0.05, 0.1) is 7.11 Å². The van der Waals surface area contributed by atoms with Crippen molar-refractivity contribution in [3.8, 4) is 11.5 Å². The molecule has 1 rings (SSSR count). The number of carbonyl (C=O) groups excluding carboxylic acids is 1. The fourth-order valence-electron chi connectivity index (χ4n) is 1.21. The molecule has 0 aliphatic heterocycles. The summed E-state index contributed by atoms with van der Waals surface area (Å²) in [5.41, 5.74) is 0.824. The number of thioether (sulfide) groups is 1.